The van der Waals surface area contributed by atoms with Crippen LogP contribution in [0.4, 0.5) is 4.39 Å². The van der Waals surface area contributed by atoms with E-state index in [1.807, 2.05) is 0 Å². The summed E-state index contributed by atoms with van der Waals surface area (Å²) in [6.45, 7) is 1.44. The SMILES string of the molecule is CC(Oc1cc(F)cc(C=O)c1)C(N)=O. The number of amides is 1. The Hall–Kier alpha value is -1.91. The maximum absolute atomic E-state index is 12.9. The molecule has 0 aromatic heterocycles. The maximum atomic E-state index is 12.9. The van der Waals surface area contributed by atoms with Crippen LogP contribution in [0, 0.1) is 5.82 Å². The van der Waals surface area contributed by atoms with Crippen LogP contribution in [0.15, 0.2) is 18.2 Å². The van der Waals surface area contributed by atoms with Crippen molar-refractivity contribution in [2.75, 3.05) is 0 Å². The van der Waals surface area contributed by atoms with Gasteiger partial charge in [0.15, 0.2) is 6.10 Å². The number of benzene rings is 1. The minimum atomic E-state index is -0.869. The first-order valence-corrected chi connectivity index (χ1v) is 4.24. The molecule has 1 rings (SSSR count). The Morgan fingerprint density at radius 2 is 2.20 bits per heavy atom. The maximum Gasteiger partial charge on any atom is 0.258 e. The number of carbonyl (C=O) groups excluding carboxylic acids is 2. The monoisotopic (exact) mass is 211 g/mol. The number of ether oxygens (including phenoxy) is 1. The lowest BCUT2D eigenvalue weighted by Crippen LogP contribution is -2.30. The fourth-order valence-corrected chi connectivity index (χ4v) is 0.983. The molecule has 0 saturated heterocycles. The average Bonchev–Trinajstić information content (AvgIpc) is 2.16. The lowest BCUT2D eigenvalue weighted by atomic mass is 10.2. The molecule has 4 nitrogen and oxygen atoms in total. The summed E-state index contributed by atoms with van der Waals surface area (Å²) in [5.74, 6) is -1.17. The van der Waals surface area contributed by atoms with Gasteiger partial charge in [0.25, 0.3) is 5.91 Å². The van der Waals surface area contributed by atoms with E-state index in [-0.39, 0.29) is 11.3 Å². The Balaban J connectivity index is 2.90. The summed E-state index contributed by atoms with van der Waals surface area (Å²) in [5.41, 5.74) is 5.11. The Morgan fingerprint density at radius 3 is 2.73 bits per heavy atom. The zero-order chi connectivity index (χ0) is 11.4. The number of hydrogen-bond donors (Lipinski definition) is 1. The molecule has 0 aliphatic heterocycles. The van der Waals surface area contributed by atoms with Gasteiger partial charge in [0.2, 0.25) is 0 Å². The summed E-state index contributed by atoms with van der Waals surface area (Å²) < 4.78 is 17.9. The average molecular weight is 211 g/mol. The van der Waals surface area contributed by atoms with Crippen molar-refractivity contribution < 1.29 is 18.7 Å². The van der Waals surface area contributed by atoms with Crippen LogP contribution in [0.3, 0.4) is 0 Å². The molecular formula is C10H10FNO3. The minimum absolute atomic E-state index is 0.100. The Kier molecular flexibility index (Phi) is 3.38. The topological polar surface area (TPSA) is 69.4 Å². The van der Waals surface area contributed by atoms with Gasteiger partial charge < -0.3 is 10.5 Å². The fraction of sp³-hybridized carbons (Fsp3) is 0.200. The second-order valence-corrected chi connectivity index (χ2v) is 3.00. The third-order valence-corrected chi connectivity index (χ3v) is 1.74. The van der Waals surface area contributed by atoms with Crippen molar-refractivity contribution in [3.05, 3.63) is 29.6 Å². The Morgan fingerprint density at radius 1 is 1.53 bits per heavy atom. The molecule has 0 radical (unpaired) electrons. The van der Waals surface area contributed by atoms with Crippen LogP contribution < -0.4 is 10.5 Å². The van der Waals surface area contributed by atoms with Crippen LogP contribution in [-0.4, -0.2) is 18.3 Å². The third kappa shape index (κ3) is 3.05. The molecular weight excluding hydrogens is 201 g/mol. The molecule has 15 heavy (non-hydrogen) atoms. The van der Waals surface area contributed by atoms with Crippen molar-refractivity contribution in [1.82, 2.24) is 0 Å². The molecule has 0 heterocycles. The van der Waals surface area contributed by atoms with Crippen LogP contribution >= 0.6 is 0 Å². The van der Waals surface area contributed by atoms with Crippen molar-refractivity contribution >= 4 is 12.2 Å². The summed E-state index contributed by atoms with van der Waals surface area (Å²) in [6.07, 6.45) is -0.378. The van der Waals surface area contributed by atoms with Crippen molar-refractivity contribution in [3.63, 3.8) is 0 Å². The van der Waals surface area contributed by atoms with Gasteiger partial charge in [-0.2, -0.15) is 0 Å². The number of halogens is 1. The zero-order valence-electron chi connectivity index (χ0n) is 8.07. The molecule has 0 spiro atoms. The molecule has 0 saturated carbocycles. The highest BCUT2D eigenvalue weighted by Crippen LogP contribution is 2.16. The highest BCUT2D eigenvalue weighted by atomic mass is 19.1. The van der Waals surface area contributed by atoms with E-state index in [0.717, 1.165) is 12.1 Å². The molecule has 1 atom stereocenters. The predicted octanol–water partition coefficient (Wildman–Crippen LogP) is 0.891. The van der Waals surface area contributed by atoms with E-state index in [4.69, 9.17) is 10.5 Å². The number of nitrogens with two attached hydrogens (primary N) is 1. The molecule has 1 unspecified atom stereocenters. The van der Waals surface area contributed by atoms with Crippen molar-refractivity contribution in [1.29, 1.82) is 0 Å². The second kappa shape index (κ2) is 4.54. The van der Waals surface area contributed by atoms with Crippen LogP contribution in [0.25, 0.3) is 0 Å². The molecule has 0 aliphatic carbocycles. The molecule has 80 valence electrons. The Labute approximate surface area is 85.8 Å². The van der Waals surface area contributed by atoms with Gasteiger partial charge in [-0.1, -0.05) is 0 Å². The summed E-state index contributed by atoms with van der Waals surface area (Å²) in [5, 5.41) is 0. The minimum Gasteiger partial charge on any atom is -0.481 e. The summed E-state index contributed by atoms with van der Waals surface area (Å²) >= 11 is 0. The van der Waals surface area contributed by atoms with Gasteiger partial charge in [-0.3, -0.25) is 9.59 Å². The van der Waals surface area contributed by atoms with Gasteiger partial charge in [0, 0.05) is 11.6 Å². The van der Waals surface area contributed by atoms with E-state index >= 15 is 0 Å². The van der Waals surface area contributed by atoms with E-state index in [1.165, 1.54) is 13.0 Å². The molecule has 1 aromatic carbocycles. The first-order valence-electron chi connectivity index (χ1n) is 4.24. The highest BCUT2D eigenvalue weighted by Gasteiger charge is 2.11. The first-order chi connectivity index (χ1) is 7.02. The number of carbonyl (C=O) groups is 2. The van der Waals surface area contributed by atoms with Gasteiger partial charge in [0.1, 0.15) is 17.9 Å². The standard InChI is InChI=1S/C10H10FNO3/c1-6(10(12)14)15-9-3-7(5-13)2-8(11)4-9/h2-6H,1H3,(H2,12,14). The lowest BCUT2D eigenvalue weighted by molar-refractivity contribution is -0.123. The molecule has 0 aliphatic rings. The largest absolute Gasteiger partial charge is 0.481 e. The van der Waals surface area contributed by atoms with E-state index < -0.39 is 17.8 Å². The summed E-state index contributed by atoms with van der Waals surface area (Å²) in [7, 11) is 0. The highest BCUT2D eigenvalue weighted by molar-refractivity contribution is 5.79. The van der Waals surface area contributed by atoms with E-state index in [9.17, 15) is 14.0 Å². The lowest BCUT2D eigenvalue weighted by Gasteiger charge is -2.11. The van der Waals surface area contributed by atoms with Crippen molar-refractivity contribution in [2.24, 2.45) is 5.73 Å². The van der Waals surface area contributed by atoms with Crippen molar-refractivity contribution in [2.45, 2.75) is 13.0 Å². The summed E-state index contributed by atoms with van der Waals surface area (Å²) in [4.78, 5) is 21.1. The summed E-state index contributed by atoms with van der Waals surface area (Å²) in [6, 6.07) is 3.47. The van der Waals surface area contributed by atoms with Crippen molar-refractivity contribution in [3.8, 4) is 5.75 Å². The van der Waals surface area contributed by atoms with E-state index in [2.05, 4.69) is 0 Å². The second-order valence-electron chi connectivity index (χ2n) is 3.00. The van der Waals surface area contributed by atoms with Gasteiger partial charge in [-0.05, 0) is 19.1 Å². The first kappa shape index (κ1) is 11.2. The number of primary amides is 1. The normalized spacial score (nSPS) is 11.9. The van der Waals surface area contributed by atoms with Crippen LogP contribution in [0.2, 0.25) is 0 Å². The fourth-order valence-electron chi connectivity index (χ4n) is 0.983. The molecule has 0 bridgehead atoms. The molecule has 5 heteroatoms. The molecule has 0 fully saturated rings. The van der Waals surface area contributed by atoms with Gasteiger partial charge in [-0.15, -0.1) is 0 Å². The van der Waals surface area contributed by atoms with Crippen LogP contribution in [0.1, 0.15) is 17.3 Å². The smallest absolute Gasteiger partial charge is 0.258 e. The number of rotatable bonds is 4. The Bertz CT molecular complexity index is 392. The predicted molar refractivity (Wildman–Crippen MR) is 51.1 cm³/mol. The molecule has 2 N–H and O–H groups in total. The third-order valence-electron chi connectivity index (χ3n) is 1.74. The quantitative estimate of drug-likeness (QED) is 0.752. The zero-order valence-corrected chi connectivity index (χ0v) is 8.07. The number of hydrogen-bond acceptors (Lipinski definition) is 3. The van der Waals surface area contributed by atoms with E-state index in [1.54, 1.807) is 0 Å². The van der Waals surface area contributed by atoms with E-state index in [0.29, 0.717) is 6.29 Å². The molecule has 1 amide bonds. The van der Waals surface area contributed by atoms with Gasteiger partial charge in [0.05, 0.1) is 0 Å². The van der Waals surface area contributed by atoms with Crippen LogP contribution in [0.5, 0.6) is 5.75 Å². The van der Waals surface area contributed by atoms with Crippen LogP contribution in [-0.2, 0) is 4.79 Å². The van der Waals surface area contributed by atoms with Gasteiger partial charge in [-0.25, -0.2) is 4.39 Å². The number of aldehydes is 1. The van der Waals surface area contributed by atoms with Gasteiger partial charge >= 0.3 is 0 Å². The molecule has 1 aromatic rings.